The molecule has 1 saturated carbocycles. The van der Waals surface area contributed by atoms with E-state index in [1.807, 2.05) is 24.3 Å². The van der Waals surface area contributed by atoms with E-state index < -0.39 is 6.61 Å². The summed E-state index contributed by atoms with van der Waals surface area (Å²) >= 11 is 0. The summed E-state index contributed by atoms with van der Waals surface area (Å²) in [6, 6.07) is 7.66. The van der Waals surface area contributed by atoms with Crippen molar-refractivity contribution in [3.8, 4) is 5.75 Å². The molecule has 0 atom stereocenters. The lowest BCUT2D eigenvalue weighted by Crippen LogP contribution is -2.36. The Balaban J connectivity index is 2.19. The summed E-state index contributed by atoms with van der Waals surface area (Å²) in [5, 5.41) is 11.6. The summed E-state index contributed by atoms with van der Waals surface area (Å²) in [6.07, 6.45) is 1.82. The monoisotopic (exact) mass is 221 g/mol. The molecule has 0 aliphatic heterocycles. The summed E-state index contributed by atoms with van der Waals surface area (Å²) in [5.74, 6) is 0.447. The fraction of sp³-hybridized carbons (Fsp3) is 0.417. The number of aliphatic hydroxyl groups is 1. The van der Waals surface area contributed by atoms with Crippen molar-refractivity contribution in [2.75, 3.05) is 13.7 Å². The third kappa shape index (κ3) is 2.02. The Labute approximate surface area is 94.2 Å². The Hall–Kier alpha value is -1.55. The van der Waals surface area contributed by atoms with Crippen LogP contribution in [0, 0.1) is 0 Å². The SMILES string of the molecule is COc1cccc(C2(NC(=O)CO)CC2)c1. The van der Waals surface area contributed by atoms with Gasteiger partial charge in [0.2, 0.25) is 5.91 Å². The molecule has 4 nitrogen and oxygen atoms in total. The van der Waals surface area contributed by atoms with E-state index in [-0.39, 0.29) is 11.4 Å². The maximum atomic E-state index is 11.2. The highest BCUT2D eigenvalue weighted by molar-refractivity contribution is 5.78. The van der Waals surface area contributed by atoms with Crippen molar-refractivity contribution < 1.29 is 14.6 Å². The summed E-state index contributed by atoms with van der Waals surface area (Å²) in [5.41, 5.74) is 0.752. The van der Waals surface area contributed by atoms with Gasteiger partial charge in [-0.05, 0) is 30.5 Å². The number of aliphatic hydroxyl groups excluding tert-OH is 1. The average molecular weight is 221 g/mol. The molecule has 16 heavy (non-hydrogen) atoms. The van der Waals surface area contributed by atoms with Gasteiger partial charge in [0.1, 0.15) is 12.4 Å². The molecular formula is C12H15NO3. The number of methoxy groups -OCH3 is 1. The quantitative estimate of drug-likeness (QED) is 0.790. The Morgan fingerprint density at radius 1 is 1.56 bits per heavy atom. The van der Waals surface area contributed by atoms with Gasteiger partial charge in [0.05, 0.1) is 12.6 Å². The van der Waals surface area contributed by atoms with Gasteiger partial charge in [-0.2, -0.15) is 0 Å². The number of hydrogen-bond donors (Lipinski definition) is 2. The number of benzene rings is 1. The first-order chi connectivity index (χ1) is 7.70. The molecule has 2 rings (SSSR count). The van der Waals surface area contributed by atoms with E-state index >= 15 is 0 Å². The highest BCUT2D eigenvalue weighted by atomic mass is 16.5. The highest BCUT2D eigenvalue weighted by Crippen LogP contribution is 2.46. The van der Waals surface area contributed by atoms with Crippen LogP contribution in [0.3, 0.4) is 0 Å². The Morgan fingerprint density at radius 2 is 2.31 bits per heavy atom. The Kier molecular flexibility index (Phi) is 2.83. The highest BCUT2D eigenvalue weighted by Gasteiger charge is 2.45. The van der Waals surface area contributed by atoms with Gasteiger partial charge in [-0.3, -0.25) is 4.79 Å². The van der Waals surface area contributed by atoms with Gasteiger partial charge in [-0.1, -0.05) is 12.1 Å². The minimum absolute atomic E-state index is 0.283. The van der Waals surface area contributed by atoms with Gasteiger partial charge < -0.3 is 15.2 Å². The zero-order chi connectivity index (χ0) is 11.6. The van der Waals surface area contributed by atoms with E-state index in [4.69, 9.17) is 9.84 Å². The molecule has 0 bridgehead atoms. The normalized spacial score (nSPS) is 16.6. The van der Waals surface area contributed by atoms with Crippen LogP contribution in [-0.4, -0.2) is 24.7 Å². The van der Waals surface area contributed by atoms with E-state index in [2.05, 4.69) is 5.32 Å². The molecule has 1 aliphatic rings. The molecule has 2 N–H and O–H groups in total. The van der Waals surface area contributed by atoms with E-state index in [9.17, 15) is 4.79 Å². The molecule has 86 valence electrons. The lowest BCUT2D eigenvalue weighted by molar-refractivity contribution is -0.124. The molecule has 4 heteroatoms. The van der Waals surface area contributed by atoms with Crippen molar-refractivity contribution in [2.45, 2.75) is 18.4 Å². The first-order valence-corrected chi connectivity index (χ1v) is 5.26. The molecule has 0 spiro atoms. The number of nitrogens with one attached hydrogen (secondary N) is 1. The lowest BCUT2D eigenvalue weighted by atomic mass is 10.0. The zero-order valence-corrected chi connectivity index (χ0v) is 9.19. The smallest absolute Gasteiger partial charge is 0.246 e. The van der Waals surface area contributed by atoms with Crippen LogP contribution in [0.1, 0.15) is 18.4 Å². The number of hydrogen-bond acceptors (Lipinski definition) is 3. The minimum atomic E-state index is -0.467. The molecule has 1 aromatic carbocycles. The number of carbonyl (C=O) groups is 1. The standard InChI is InChI=1S/C12H15NO3/c1-16-10-4-2-3-9(7-10)12(5-6-12)13-11(15)8-14/h2-4,7,14H,5-6,8H2,1H3,(H,13,15). The third-order valence-corrected chi connectivity index (χ3v) is 2.89. The molecule has 0 saturated heterocycles. The number of rotatable bonds is 4. The third-order valence-electron chi connectivity index (χ3n) is 2.89. The van der Waals surface area contributed by atoms with Gasteiger partial charge in [-0.15, -0.1) is 0 Å². The summed E-state index contributed by atoms with van der Waals surface area (Å²) in [4.78, 5) is 11.2. The number of carbonyl (C=O) groups excluding carboxylic acids is 1. The largest absolute Gasteiger partial charge is 0.497 e. The second-order valence-corrected chi connectivity index (χ2v) is 4.02. The number of ether oxygens (including phenoxy) is 1. The minimum Gasteiger partial charge on any atom is -0.497 e. The first kappa shape index (κ1) is 11.0. The van der Waals surface area contributed by atoms with Gasteiger partial charge in [-0.25, -0.2) is 0 Å². The van der Waals surface area contributed by atoms with Crippen LogP contribution in [0.25, 0.3) is 0 Å². The molecule has 0 heterocycles. The van der Waals surface area contributed by atoms with Crippen molar-refractivity contribution in [3.63, 3.8) is 0 Å². The van der Waals surface area contributed by atoms with Crippen molar-refractivity contribution >= 4 is 5.91 Å². The molecule has 1 aromatic rings. The van der Waals surface area contributed by atoms with Crippen LogP contribution >= 0.6 is 0 Å². The van der Waals surface area contributed by atoms with E-state index in [0.717, 1.165) is 24.2 Å². The molecule has 1 aliphatic carbocycles. The fourth-order valence-corrected chi connectivity index (χ4v) is 1.84. The lowest BCUT2D eigenvalue weighted by Gasteiger charge is -2.17. The fourth-order valence-electron chi connectivity index (χ4n) is 1.84. The zero-order valence-electron chi connectivity index (χ0n) is 9.19. The Morgan fingerprint density at radius 3 is 2.88 bits per heavy atom. The van der Waals surface area contributed by atoms with Crippen LogP contribution in [0.4, 0.5) is 0 Å². The van der Waals surface area contributed by atoms with Crippen LogP contribution in [0.5, 0.6) is 5.75 Å². The predicted molar refractivity (Wildman–Crippen MR) is 59.1 cm³/mol. The summed E-state index contributed by atoms with van der Waals surface area (Å²) < 4.78 is 5.15. The predicted octanol–water partition coefficient (Wildman–Crippen LogP) is 0.793. The van der Waals surface area contributed by atoms with Gasteiger partial charge in [0, 0.05) is 0 Å². The Bertz CT molecular complexity index is 399. The molecule has 0 unspecified atom stereocenters. The van der Waals surface area contributed by atoms with E-state index in [0.29, 0.717) is 0 Å². The van der Waals surface area contributed by atoms with Crippen molar-refractivity contribution in [1.82, 2.24) is 5.32 Å². The molecule has 0 aromatic heterocycles. The van der Waals surface area contributed by atoms with Crippen LogP contribution in [-0.2, 0) is 10.3 Å². The second-order valence-electron chi connectivity index (χ2n) is 4.02. The molecule has 0 radical (unpaired) electrons. The van der Waals surface area contributed by atoms with Crippen molar-refractivity contribution in [3.05, 3.63) is 29.8 Å². The maximum Gasteiger partial charge on any atom is 0.246 e. The van der Waals surface area contributed by atoms with Crippen LogP contribution in [0.15, 0.2) is 24.3 Å². The average Bonchev–Trinajstić information content (AvgIpc) is 3.10. The summed E-state index contributed by atoms with van der Waals surface area (Å²) in [7, 11) is 1.62. The van der Waals surface area contributed by atoms with Crippen molar-refractivity contribution in [1.29, 1.82) is 0 Å². The van der Waals surface area contributed by atoms with Gasteiger partial charge >= 0.3 is 0 Å². The van der Waals surface area contributed by atoms with Crippen molar-refractivity contribution in [2.24, 2.45) is 0 Å². The molecule has 1 fully saturated rings. The van der Waals surface area contributed by atoms with Gasteiger partial charge in [0.25, 0.3) is 0 Å². The van der Waals surface area contributed by atoms with E-state index in [1.165, 1.54) is 0 Å². The second kappa shape index (κ2) is 4.14. The maximum absolute atomic E-state index is 11.2. The van der Waals surface area contributed by atoms with Crippen LogP contribution < -0.4 is 10.1 Å². The number of amides is 1. The topological polar surface area (TPSA) is 58.6 Å². The van der Waals surface area contributed by atoms with Gasteiger partial charge in [0.15, 0.2) is 0 Å². The molecular weight excluding hydrogens is 206 g/mol. The first-order valence-electron chi connectivity index (χ1n) is 5.26. The molecule has 1 amide bonds. The van der Waals surface area contributed by atoms with E-state index in [1.54, 1.807) is 7.11 Å². The van der Waals surface area contributed by atoms with Crippen LogP contribution in [0.2, 0.25) is 0 Å². The summed E-state index contributed by atoms with van der Waals surface area (Å²) in [6.45, 7) is -0.467.